The molecule has 0 saturated carbocycles. The maximum absolute atomic E-state index is 12.9. The summed E-state index contributed by atoms with van der Waals surface area (Å²) in [5.41, 5.74) is 0.599. The van der Waals surface area contributed by atoms with Gasteiger partial charge in [-0.3, -0.25) is 0 Å². The zero-order valence-corrected chi connectivity index (χ0v) is 10.1. The van der Waals surface area contributed by atoms with E-state index in [0.717, 1.165) is 18.6 Å². The van der Waals surface area contributed by atoms with Gasteiger partial charge in [0.1, 0.15) is 0 Å². The van der Waals surface area contributed by atoms with E-state index in [1.165, 1.54) is 6.07 Å². The molecule has 2 nitrogen and oxygen atoms in total. The van der Waals surface area contributed by atoms with Crippen LogP contribution in [-0.4, -0.2) is 24.4 Å². The Morgan fingerprint density at radius 1 is 1.24 bits per heavy atom. The molecular weight excluding hydrogens is 226 g/mol. The standard InChI is InChI=1S/C13H18F2O2/c1-9(17-2)3-5-11(16)7-10-4-6-12(14)13(15)8-10/h4,6,8-9,11,16H,3,5,7H2,1-2H3. The van der Waals surface area contributed by atoms with E-state index in [9.17, 15) is 13.9 Å². The Labute approximate surface area is 100 Å². The van der Waals surface area contributed by atoms with Crippen molar-refractivity contribution < 1.29 is 18.6 Å². The average molecular weight is 244 g/mol. The molecule has 1 aromatic carbocycles. The Hall–Kier alpha value is -1.00. The third kappa shape index (κ3) is 4.79. The van der Waals surface area contributed by atoms with E-state index < -0.39 is 17.7 Å². The molecule has 2 atom stereocenters. The van der Waals surface area contributed by atoms with Gasteiger partial charge in [0.25, 0.3) is 0 Å². The molecule has 0 radical (unpaired) electrons. The molecule has 17 heavy (non-hydrogen) atoms. The molecule has 0 spiro atoms. The van der Waals surface area contributed by atoms with E-state index in [-0.39, 0.29) is 6.10 Å². The van der Waals surface area contributed by atoms with Crippen molar-refractivity contribution in [1.82, 2.24) is 0 Å². The zero-order valence-electron chi connectivity index (χ0n) is 10.1. The predicted molar refractivity (Wildman–Crippen MR) is 61.8 cm³/mol. The first-order valence-corrected chi connectivity index (χ1v) is 5.67. The summed E-state index contributed by atoms with van der Waals surface area (Å²) < 4.78 is 30.7. The summed E-state index contributed by atoms with van der Waals surface area (Å²) in [5, 5.41) is 9.74. The third-order valence-electron chi connectivity index (χ3n) is 2.76. The summed E-state index contributed by atoms with van der Waals surface area (Å²) in [6.45, 7) is 1.92. The van der Waals surface area contributed by atoms with Crippen LogP contribution in [0.2, 0.25) is 0 Å². The van der Waals surface area contributed by atoms with Crippen LogP contribution < -0.4 is 0 Å². The van der Waals surface area contributed by atoms with Gasteiger partial charge in [-0.15, -0.1) is 0 Å². The lowest BCUT2D eigenvalue weighted by molar-refractivity contribution is 0.0851. The molecule has 4 heteroatoms. The van der Waals surface area contributed by atoms with Crippen molar-refractivity contribution in [2.24, 2.45) is 0 Å². The number of hydrogen-bond acceptors (Lipinski definition) is 2. The quantitative estimate of drug-likeness (QED) is 0.833. The van der Waals surface area contributed by atoms with Crippen LogP contribution in [0.3, 0.4) is 0 Å². The van der Waals surface area contributed by atoms with Gasteiger partial charge in [-0.1, -0.05) is 6.07 Å². The molecule has 1 aromatic rings. The average Bonchev–Trinajstić information content (AvgIpc) is 2.31. The van der Waals surface area contributed by atoms with Crippen LogP contribution in [0.25, 0.3) is 0 Å². The number of rotatable bonds is 6. The Balaban J connectivity index is 2.44. The molecule has 2 unspecified atom stereocenters. The van der Waals surface area contributed by atoms with Gasteiger partial charge in [0.05, 0.1) is 12.2 Å². The first kappa shape index (κ1) is 14.1. The van der Waals surface area contributed by atoms with Crippen LogP contribution in [0.15, 0.2) is 18.2 Å². The number of hydrogen-bond donors (Lipinski definition) is 1. The van der Waals surface area contributed by atoms with E-state index >= 15 is 0 Å². The summed E-state index contributed by atoms with van der Waals surface area (Å²) in [7, 11) is 1.62. The minimum atomic E-state index is -0.875. The Morgan fingerprint density at radius 2 is 1.94 bits per heavy atom. The van der Waals surface area contributed by atoms with Crippen LogP contribution in [0, 0.1) is 11.6 Å². The monoisotopic (exact) mass is 244 g/mol. The molecule has 96 valence electrons. The molecule has 0 aliphatic heterocycles. The smallest absolute Gasteiger partial charge is 0.159 e. The fourth-order valence-corrected chi connectivity index (χ4v) is 1.59. The first-order valence-electron chi connectivity index (χ1n) is 5.67. The van der Waals surface area contributed by atoms with Crippen LogP contribution >= 0.6 is 0 Å². The zero-order chi connectivity index (χ0) is 12.8. The van der Waals surface area contributed by atoms with Crippen LogP contribution in [0.1, 0.15) is 25.3 Å². The normalized spacial score (nSPS) is 14.6. The van der Waals surface area contributed by atoms with Crippen LogP contribution in [0.4, 0.5) is 8.78 Å². The molecule has 0 heterocycles. The molecular formula is C13H18F2O2. The molecule has 0 amide bonds. The van der Waals surface area contributed by atoms with Gasteiger partial charge >= 0.3 is 0 Å². The van der Waals surface area contributed by atoms with Gasteiger partial charge < -0.3 is 9.84 Å². The summed E-state index contributed by atoms with van der Waals surface area (Å²) in [6.07, 6.45) is 1.18. The highest BCUT2D eigenvalue weighted by Crippen LogP contribution is 2.13. The summed E-state index contributed by atoms with van der Waals surface area (Å²) in [6, 6.07) is 3.69. The van der Waals surface area contributed by atoms with Crippen molar-refractivity contribution >= 4 is 0 Å². The number of aliphatic hydroxyl groups excluding tert-OH is 1. The van der Waals surface area contributed by atoms with Crippen molar-refractivity contribution in [2.75, 3.05) is 7.11 Å². The van der Waals surface area contributed by atoms with E-state index in [1.54, 1.807) is 7.11 Å². The maximum atomic E-state index is 12.9. The lowest BCUT2D eigenvalue weighted by Crippen LogP contribution is -2.15. The van der Waals surface area contributed by atoms with Crippen LogP contribution in [0.5, 0.6) is 0 Å². The van der Waals surface area contributed by atoms with Crippen molar-refractivity contribution in [3.63, 3.8) is 0 Å². The molecule has 0 saturated heterocycles. The fourth-order valence-electron chi connectivity index (χ4n) is 1.59. The minimum Gasteiger partial charge on any atom is -0.393 e. The molecule has 0 aliphatic carbocycles. The lowest BCUT2D eigenvalue weighted by atomic mass is 10.0. The lowest BCUT2D eigenvalue weighted by Gasteiger charge is -2.14. The number of benzene rings is 1. The molecule has 0 aliphatic rings. The second kappa shape index (κ2) is 6.67. The fraction of sp³-hybridized carbons (Fsp3) is 0.538. The number of methoxy groups -OCH3 is 1. The second-order valence-electron chi connectivity index (χ2n) is 4.23. The summed E-state index contributed by atoms with van der Waals surface area (Å²) in [4.78, 5) is 0. The van der Waals surface area contributed by atoms with Crippen LogP contribution in [-0.2, 0) is 11.2 Å². The minimum absolute atomic E-state index is 0.0922. The second-order valence-corrected chi connectivity index (χ2v) is 4.23. The van der Waals surface area contributed by atoms with Crippen molar-refractivity contribution in [1.29, 1.82) is 0 Å². The first-order chi connectivity index (χ1) is 8.02. The summed E-state index contributed by atoms with van der Waals surface area (Å²) in [5.74, 6) is -1.74. The largest absolute Gasteiger partial charge is 0.393 e. The molecule has 1 N–H and O–H groups in total. The highest BCUT2D eigenvalue weighted by Gasteiger charge is 2.10. The molecule has 0 bridgehead atoms. The van der Waals surface area contributed by atoms with E-state index in [1.807, 2.05) is 6.92 Å². The van der Waals surface area contributed by atoms with Crippen molar-refractivity contribution in [3.05, 3.63) is 35.4 Å². The van der Waals surface area contributed by atoms with Gasteiger partial charge in [-0.05, 0) is 43.9 Å². The number of aliphatic hydroxyl groups is 1. The van der Waals surface area contributed by atoms with Gasteiger partial charge in [-0.25, -0.2) is 8.78 Å². The molecule has 1 rings (SSSR count). The third-order valence-corrected chi connectivity index (χ3v) is 2.76. The number of halogens is 2. The van der Waals surface area contributed by atoms with Crippen molar-refractivity contribution in [3.8, 4) is 0 Å². The topological polar surface area (TPSA) is 29.5 Å². The summed E-state index contributed by atoms with van der Waals surface area (Å²) >= 11 is 0. The van der Waals surface area contributed by atoms with Gasteiger partial charge in [0.2, 0.25) is 0 Å². The Kier molecular flexibility index (Phi) is 5.51. The Bertz CT molecular complexity index is 355. The van der Waals surface area contributed by atoms with Gasteiger partial charge in [0.15, 0.2) is 11.6 Å². The Morgan fingerprint density at radius 3 is 2.53 bits per heavy atom. The SMILES string of the molecule is COC(C)CCC(O)Cc1ccc(F)c(F)c1. The van der Waals surface area contributed by atoms with Gasteiger partial charge in [-0.2, -0.15) is 0 Å². The number of ether oxygens (including phenoxy) is 1. The maximum Gasteiger partial charge on any atom is 0.159 e. The van der Waals surface area contributed by atoms with Crippen molar-refractivity contribution in [2.45, 2.75) is 38.4 Å². The molecule has 0 aromatic heterocycles. The van der Waals surface area contributed by atoms with Gasteiger partial charge in [0, 0.05) is 7.11 Å². The van der Waals surface area contributed by atoms with E-state index in [0.29, 0.717) is 18.4 Å². The van der Waals surface area contributed by atoms with E-state index in [2.05, 4.69) is 0 Å². The highest BCUT2D eigenvalue weighted by atomic mass is 19.2. The van der Waals surface area contributed by atoms with E-state index in [4.69, 9.17) is 4.74 Å². The molecule has 0 fully saturated rings. The predicted octanol–water partition coefficient (Wildman–Crippen LogP) is 2.68. The highest BCUT2D eigenvalue weighted by molar-refractivity contribution is 5.18.